The predicted octanol–water partition coefficient (Wildman–Crippen LogP) is 5.87. The zero-order chi connectivity index (χ0) is 25.6. The third kappa shape index (κ3) is 4.36. The quantitative estimate of drug-likeness (QED) is 0.313. The average Bonchev–Trinajstić information content (AvgIpc) is 3.50. The Morgan fingerprint density at radius 3 is 2.72 bits per heavy atom. The number of ether oxygens (including phenoxy) is 1. The summed E-state index contributed by atoms with van der Waals surface area (Å²) < 4.78 is 25.9. The normalized spacial score (nSPS) is 16.5. The van der Waals surface area contributed by atoms with E-state index in [9.17, 15) is 14.3 Å². The number of β-amino-alcohol motifs (C(OH)–C–C–N with tert-alkyl or cyclic N) is 1. The molecule has 5 rings (SSSR count). The minimum Gasteiger partial charge on any atom is -0.478 e. The summed E-state index contributed by atoms with van der Waals surface area (Å²) >= 11 is 12.4. The van der Waals surface area contributed by atoms with Crippen molar-refractivity contribution in [2.24, 2.45) is 0 Å². The molecule has 3 N–H and O–H groups in total. The van der Waals surface area contributed by atoms with Crippen molar-refractivity contribution < 1.29 is 23.4 Å². The van der Waals surface area contributed by atoms with Crippen molar-refractivity contribution in [3.63, 3.8) is 0 Å². The number of halogens is 3. The van der Waals surface area contributed by atoms with Gasteiger partial charge in [-0.05, 0) is 43.2 Å². The van der Waals surface area contributed by atoms with Gasteiger partial charge in [0.2, 0.25) is 5.75 Å². The standard InChI is InChI=1S/C26H22Cl2FN3O4/c1-13(21-19(27)6-7-20(29)22(21)28)36-24-23-17(10-31-25(24)30)18(12-35-23)14-2-4-15(5-3-14)26(34)32-9-8-16(33)11-32/h2-7,10,12-13,16,33H,8-9,11H2,1H3,(H2,30,31). The minimum absolute atomic E-state index is 0.0904. The first-order chi connectivity index (χ1) is 17.2. The lowest BCUT2D eigenvalue weighted by molar-refractivity contribution is 0.0765. The Morgan fingerprint density at radius 1 is 1.28 bits per heavy atom. The summed E-state index contributed by atoms with van der Waals surface area (Å²) in [6.07, 6.45) is 2.49. The third-order valence-corrected chi connectivity index (χ3v) is 6.99. The smallest absolute Gasteiger partial charge is 0.253 e. The number of fused-ring (bicyclic) bond motifs is 1. The highest BCUT2D eigenvalue weighted by Crippen LogP contribution is 2.41. The van der Waals surface area contributed by atoms with E-state index in [2.05, 4.69) is 4.98 Å². The van der Waals surface area contributed by atoms with Crippen LogP contribution in [0.2, 0.25) is 10.0 Å². The number of likely N-dealkylation sites (tertiary alicyclic amines) is 1. The molecule has 0 saturated carbocycles. The topological polar surface area (TPSA) is 102 Å². The number of rotatable bonds is 5. The van der Waals surface area contributed by atoms with Gasteiger partial charge in [0.15, 0.2) is 11.4 Å². The van der Waals surface area contributed by atoms with E-state index in [-0.39, 0.29) is 33.1 Å². The first-order valence-electron chi connectivity index (χ1n) is 11.3. The molecule has 3 heterocycles. The van der Waals surface area contributed by atoms with Gasteiger partial charge < -0.3 is 24.9 Å². The van der Waals surface area contributed by atoms with E-state index in [0.29, 0.717) is 36.0 Å². The van der Waals surface area contributed by atoms with Crippen LogP contribution in [0.1, 0.15) is 35.4 Å². The molecule has 1 aliphatic heterocycles. The van der Waals surface area contributed by atoms with E-state index >= 15 is 0 Å². The number of amides is 1. The molecule has 10 heteroatoms. The number of hydrogen-bond acceptors (Lipinski definition) is 6. The first-order valence-corrected chi connectivity index (χ1v) is 12.0. The maximum atomic E-state index is 14.0. The first kappa shape index (κ1) is 24.4. The number of aliphatic hydroxyl groups is 1. The van der Waals surface area contributed by atoms with Gasteiger partial charge in [-0.1, -0.05) is 35.3 Å². The number of carbonyl (C=O) groups excluding carboxylic acids is 1. The number of nitrogen functional groups attached to an aromatic ring is 1. The molecule has 186 valence electrons. The summed E-state index contributed by atoms with van der Waals surface area (Å²) in [6.45, 7) is 2.55. The van der Waals surface area contributed by atoms with Crippen LogP contribution < -0.4 is 10.5 Å². The zero-order valence-electron chi connectivity index (χ0n) is 19.2. The molecule has 2 atom stereocenters. The summed E-state index contributed by atoms with van der Waals surface area (Å²) in [5.41, 5.74) is 8.80. The Balaban J connectivity index is 1.45. The fourth-order valence-corrected chi connectivity index (χ4v) is 5.05. The molecular formula is C26H22Cl2FN3O4. The van der Waals surface area contributed by atoms with Crippen LogP contribution in [0.15, 0.2) is 53.3 Å². The number of benzene rings is 2. The predicted molar refractivity (Wildman–Crippen MR) is 136 cm³/mol. The molecular weight excluding hydrogens is 508 g/mol. The van der Waals surface area contributed by atoms with Crippen LogP contribution >= 0.6 is 23.2 Å². The highest BCUT2D eigenvalue weighted by Gasteiger charge is 2.26. The summed E-state index contributed by atoms with van der Waals surface area (Å²) in [5, 5.41) is 10.5. The molecule has 0 spiro atoms. The van der Waals surface area contributed by atoms with Gasteiger partial charge in [-0.15, -0.1) is 0 Å². The van der Waals surface area contributed by atoms with E-state index in [1.54, 1.807) is 36.4 Å². The number of aliphatic hydroxyl groups excluding tert-OH is 1. The number of carbonyl (C=O) groups is 1. The molecule has 0 aliphatic carbocycles. The number of pyridine rings is 1. The number of aromatic nitrogens is 1. The lowest BCUT2D eigenvalue weighted by atomic mass is 10.0. The van der Waals surface area contributed by atoms with Crippen molar-refractivity contribution in [2.45, 2.75) is 25.6 Å². The van der Waals surface area contributed by atoms with Gasteiger partial charge >= 0.3 is 0 Å². The Bertz CT molecular complexity index is 1460. The number of hydrogen-bond donors (Lipinski definition) is 2. The number of furan rings is 1. The maximum Gasteiger partial charge on any atom is 0.253 e. The van der Waals surface area contributed by atoms with Gasteiger partial charge in [-0.3, -0.25) is 4.79 Å². The monoisotopic (exact) mass is 529 g/mol. The molecule has 7 nitrogen and oxygen atoms in total. The molecule has 2 aromatic heterocycles. The van der Waals surface area contributed by atoms with Crippen molar-refractivity contribution in [1.29, 1.82) is 0 Å². The summed E-state index contributed by atoms with van der Waals surface area (Å²) in [7, 11) is 0. The molecule has 1 saturated heterocycles. The second kappa shape index (κ2) is 9.61. The van der Waals surface area contributed by atoms with E-state index in [1.807, 2.05) is 12.1 Å². The molecule has 0 bridgehead atoms. The fraction of sp³-hybridized carbons (Fsp3) is 0.231. The van der Waals surface area contributed by atoms with E-state index in [1.165, 1.54) is 12.1 Å². The van der Waals surface area contributed by atoms with Crippen molar-refractivity contribution in [3.8, 4) is 16.9 Å². The van der Waals surface area contributed by atoms with Crippen LogP contribution in [0, 0.1) is 5.82 Å². The summed E-state index contributed by atoms with van der Waals surface area (Å²) in [5.74, 6) is -0.461. The maximum absolute atomic E-state index is 14.0. The van der Waals surface area contributed by atoms with Gasteiger partial charge in [0.05, 0.1) is 22.8 Å². The van der Waals surface area contributed by atoms with Crippen LogP contribution in [0.25, 0.3) is 22.1 Å². The average molecular weight is 530 g/mol. The van der Waals surface area contributed by atoms with Crippen molar-refractivity contribution in [1.82, 2.24) is 9.88 Å². The van der Waals surface area contributed by atoms with E-state index in [0.717, 1.165) is 11.1 Å². The van der Waals surface area contributed by atoms with E-state index in [4.69, 9.17) is 38.1 Å². The molecule has 1 aliphatic rings. The molecule has 2 aromatic carbocycles. The van der Waals surface area contributed by atoms with Gasteiger partial charge in [-0.25, -0.2) is 9.37 Å². The van der Waals surface area contributed by atoms with Gasteiger partial charge in [-0.2, -0.15) is 0 Å². The van der Waals surface area contributed by atoms with Crippen LogP contribution in [0.4, 0.5) is 10.2 Å². The lowest BCUT2D eigenvalue weighted by Gasteiger charge is -2.18. The van der Waals surface area contributed by atoms with Crippen molar-refractivity contribution >= 4 is 45.9 Å². The molecule has 4 aromatic rings. The van der Waals surface area contributed by atoms with Crippen molar-refractivity contribution in [3.05, 3.63) is 75.8 Å². The van der Waals surface area contributed by atoms with Crippen LogP contribution in [-0.2, 0) is 0 Å². The Morgan fingerprint density at radius 2 is 2.03 bits per heavy atom. The molecule has 0 radical (unpaired) electrons. The van der Waals surface area contributed by atoms with E-state index < -0.39 is 18.0 Å². The third-order valence-electron chi connectivity index (χ3n) is 6.28. The van der Waals surface area contributed by atoms with Crippen LogP contribution in [0.3, 0.4) is 0 Å². The highest BCUT2D eigenvalue weighted by molar-refractivity contribution is 6.36. The Labute approximate surface area is 216 Å². The summed E-state index contributed by atoms with van der Waals surface area (Å²) in [6, 6.07) is 9.69. The molecule has 2 unspecified atom stereocenters. The minimum atomic E-state index is -0.752. The largest absolute Gasteiger partial charge is 0.478 e. The second-order valence-corrected chi connectivity index (χ2v) is 9.44. The lowest BCUT2D eigenvalue weighted by Crippen LogP contribution is -2.29. The fourth-order valence-electron chi connectivity index (χ4n) is 4.37. The number of anilines is 1. The van der Waals surface area contributed by atoms with Crippen LogP contribution in [-0.4, -0.2) is 40.1 Å². The highest BCUT2D eigenvalue weighted by atomic mass is 35.5. The zero-order valence-corrected chi connectivity index (χ0v) is 20.7. The van der Waals surface area contributed by atoms with Gasteiger partial charge in [0.25, 0.3) is 5.91 Å². The summed E-state index contributed by atoms with van der Waals surface area (Å²) in [4.78, 5) is 18.6. The van der Waals surface area contributed by atoms with Crippen molar-refractivity contribution in [2.75, 3.05) is 18.8 Å². The number of nitrogens with zero attached hydrogens (tertiary/aromatic N) is 2. The molecule has 1 fully saturated rings. The number of nitrogens with two attached hydrogens (primary N) is 1. The second-order valence-electron chi connectivity index (χ2n) is 8.65. The molecule has 36 heavy (non-hydrogen) atoms. The molecule has 1 amide bonds. The van der Waals surface area contributed by atoms with Gasteiger partial charge in [0.1, 0.15) is 11.9 Å². The Hall–Kier alpha value is -3.33. The SMILES string of the molecule is CC(Oc1c(N)ncc2c(-c3ccc(C(=O)N4CCC(O)C4)cc3)coc12)c1c(Cl)ccc(F)c1Cl. The van der Waals surface area contributed by atoms with Gasteiger partial charge in [0, 0.05) is 41.0 Å². The van der Waals surface area contributed by atoms with Crippen LogP contribution in [0.5, 0.6) is 5.75 Å². The Kier molecular flexibility index (Phi) is 6.51.